The van der Waals surface area contributed by atoms with Crippen molar-refractivity contribution in [3.63, 3.8) is 0 Å². The first-order valence-corrected chi connectivity index (χ1v) is 10.2. The fourth-order valence-electron chi connectivity index (χ4n) is 3.92. The molecule has 5 heteroatoms. The van der Waals surface area contributed by atoms with Crippen LogP contribution in [0.15, 0.2) is 60.7 Å². The fourth-order valence-corrected chi connectivity index (χ4v) is 3.92. The highest BCUT2D eigenvalue weighted by atomic mass is 16.5. The van der Waals surface area contributed by atoms with Crippen LogP contribution in [0, 0.1) is 0 Å². The maximum absolute atomic E-state index is 12.4. The molecule has 1 amide bonds. The van der Waals surface area contributed by atoms with Crippen molar-refractivity contribution in [3.05, 3.63) is 77.5 Å². The van der Waals surface area contributed by atoms with Crippen molar-refractivity contribution < 1.29 is 9.53 Å². The Morgan fingerprint density at radius 2 is 1.97 bits per heavy atom. The zero-order valence-corrected chi connectivity index (χ0v) is 16.8. The lowest BCUT2D eigenvalue weighted by molar-refractivity contribution is -0.0321. The lowest BCUT2D eigenvalue weighted by Crippen LogP contribution is -2.39. The van der Waals surface area contributed by atoms with E-state index in [4.69, 9.17) is 9.72 Å². The van der Waals surface area contributed by atoms with Gasteiger partial charge in [-0.25, -0.2) is 4.98 Å². The van der Waals surface area contributed by atoms with Crippen molar-refractivity contribution in [3.8, 4) is 0 Å². The summed E-state index contributed by atoms with van der Waals surface area (Å²) in [6.07, 6.45) is 2.08. The summed E-state index contributed by atoms with van der Waals surface area (Å²) in [5.74, 6) is -0.0969. The molecule has 2 aromatic carbocycles. The third-order valence-corrected chi connectivity index (χ3v) is 5.47. The SMILES string of the molecule is CNC(=O)c1cc(C2CN(CCCc3ccccc3)CCO2)nc2ccccc12. The number of nitrogens with zero attached hydrogens (tertiary/aromatic N) is 2. The van der Waals surface area contributed by atoms with Gasteiger partial charge in [0.1, 0.15) is 6.10 Å². The summed E-state index contributed by atoms with van der Waals surface area (Å²) in [6, 6.07) is 20.3. The van der Waals surface area contributed by atoms with E-state index in [1.54, 1.807) is 7.05 Å². The van der Waals surface area contributed by atoms with Crippen molar-refractivity contribution in [1.82, 2.24) is 15.2 Å². The quantitative estimate of drug-likeness (QED) is 0.700. The molecule has 0 radical (unpaired) electrons. The summed E-state index contributed by atoms with van der Waals surface area (Å²) >= 11 is 0. The molecule has 3 aromatic rings. The van der Waals surface area contributed by atoms with Gasteiger partial charge in [-0.2, -0.15) is 0 Å². The Labute approximate surface area is 171 Å². The molecule has 4 rings (SSSR count). The monoisotopic (exact) mass is 389 g/mol. The highest BCUT2D eigenvalue weighted by Crippen LogP contribution is 2.26. The van der Waals surface area contributed by atoms with Crippen LogP contribution in [-0.4, -0.2) is 49.1 Å². The summed E-state index contributed by atoms with van der Waals surface area (Å²) in [4.78, 5) is 19.7. The van der Waals surface area contributed by atoms with Crippen molar-refractivity contribution >= 4 is 16.8 Å². The molecule has 0 aliphatic carbocycles. The number of carbonyl (C=O) groups excluding carboxylic acids is 1. The number of aryl methyl sites for hydroxylation is 1. The summed E-state index contributed by atoms with van der Waals surface area (Å²) in [5.41, 5.74) is 3.69. The third-order valence-electron chi connectivity index (χ3n) is 5.47. The Balaban J connectivity index is 1.47. The van der Waals surface area contributed by atoms with E-state index >= 15 is 0 Å². The Hall–Kier alpha value is -2.76. The molecule has 1 N–H and O–H groups in total. The predicted octanol–water partition coefficient (Wildman–Crippen LogP) is 3.60. The average molecular weight is 389 g/mol. The van der Waals surface area contributed by atoms with Gasteiger partial charge in [0.2, 0.25) is 0 Å². The van der Waals surface area contributed by atoms with E-state index in [0.717, 1.165) is 49.1 Å². The van der Waals surface area contributed by atoms with Crippen LogP contribution in [0.4, 0.5) is 0 Å². The highest BCUT2D eigenvalue weighted by Gasteiger charge is 2.24. The Morgan fingerprint density at radius 3 is 2.79 bits per heavy atom. The van der Waals surface area contributed by atoms with Crippen LogP contribution in [0.3, 0.4) is 0 Å². The number of aromatic nitrogens is 1. The molecule has 2 heterocycles. The minimum Gasteiger partial charge on any atom is -0.369 e. The molecule has 1 aromatic heterocycles. The number of hydrogen-bond acceptors (Lipinski definition) is 4. The minimum absolute atomic E-state index is 0.0969. The standard InChI is InChI=1S/C24H27N3O2/c1-25-24(28)20-16-22(26-21-12-6-5-11-19(20)21)23-17-27(14-15-29-23)13-7-10-18-8-3-2-4-9-18/h2-6,8-9,11-12,16,23H,7,10,13-15,17H2,1H3,(H,25,28). The number of rotatable bonds is 6. The molecule has 1 saturated heterocycles. The van der Waals surface area contributed by atoms with Gasteiger partial charge in [-0.3, -0.25) is 9.69 Å². The Kier molecular flexibility index (Phi) is 6.17. The number of hydrogen-bond donors (Lipinski definition) is 1. The van der Waals surface area contributed by atoms with Crippen LogP contribution in [0.5, 0.6) is 0 Å². The maximum atomic E-state index is 12.4. The van der Waals surface area contributed by atoms with Crippen LogP contribution in [0.25, 0.3) is 10.9 Å². The average Bonchev–Trinajstić information content (AvgIpc) is 2.79. The number of nitrogens with one attached hydrogen (secondary N) is 1. The molecule has 0 spiro atoms. The largest absolute Gasteiger partial charge is 0.369 e. The lowest BCUT2D eigenvalue weighted by Gasteiger charge is -2.33. The molecule has 29 heavy (non-hydrogen) atoms. The minimum atomic E-state index is -0.117. The van der Waals surface area contributed by atoms with Crippen LogP contribution in [0.2, 0.25) is 0 Å². The van der Waals surface area contributed by atoms with Gasteiger partial charge in [-0.05, 0) is 37.1 Å². The van der Waals surface area contributed by atoms with Gasteiger partial charge in [-0.1, -0.05) is 48.5 Å². The molecular weight excluding hydrogens is 362 g/mol. The smallest absolute Gasteiger partial charge is 0.251 e. The zero-order chi connectivity index (χ0) is 20.1. The summed E-state index contributed by atoms with van der Waals surface area (Å²) in [5, 5.41) is 3.60. The van der Waals surface area contributed by atoms with Crippen LogP contribution < -0.4 is 5.32 Å². The molecule has 1 fully saturated rings. The molecule has 5 nitrogen and oxygen atoms in total. The molecule has 1 atom stereocenters. The fraction of sp³-hybridized carbons (Fsp3) is 0.333. The summed E-state index contributed by atoms with van der Waals surface area (Å²) in [6.45, 7) is 3.44. The number of amides is 1. The first kappa shape index (κ1) is 19.6. The van der Waals surface area contributed by atoms with Crippen molar-refractivity contribution in [2.24, 2.45) is 0 Å². The first-order chi connectivity index (χ1) is 14.2. The molecule has 0 bridgehead atoms. The van der Waals surface area contributed by atoms with E-state index < -0.39 is 0 Å². The van der Waals surface area contributed by atoms with Crippen molar-refractivity contribution in [2.75, 3.05) is 33.3 Å². The molecule has 150 valence electrons. The zero-order valence-electron chi connectivity index (χ0n) is 16.8. The highest BCUT2D eigenvalue weighted by molar-refractivity contribution is 6.06. The van der Waals surface area contributed by atoms with Crippen LogP contribution in [-0.2, 0) is 11.2 Å². The van der Waals surface area contributed by atoms with Crippen LogP contribution in [0.1, 0.15) is 34.1 Å². The number of morpholine rings is 1. The third kappa shape index (κ3) is 4.63. The molecule has 1 aliphatic rings. The van der Waals surface area contributed by atoms with E-state index in [2.05, 4.69) is 40.5 Å². The van der Waals surface area contributed by atoms with Gasteiger partial charge < -0.3 is 10.1 Å². The van der Waals surface area contributed by atoms with Gasteiger partial charge in [0.15, 0.2) is 0 Å². The molecule has 1 aliphatic heterocycles. The predicted molar refractivity (Wildman–Crippen MR) is 115 cm³/mol. The maximum Gasteiger partial charge on any atom is 0.251 e. The second kappa shape index (κ2) is 9.16. The second-order valence-corrected chi connectivity index (χ2v) is 7.44. The summed E-state index contributed by atoms with van der Waals surface area (Å²) < 4.78 is 6.04. The second-order valence-electron chi connectivity index (χ2n) is 7.44. The molecule has 0 saturated carbocycles. The number of carbonyl (C=O) groups is 1. The van der Waals surface area contributed by atoms with Crippen LogP contribution >= 0.6 is 0 Å². The lowest BCUT2D eigenvalue weighted by atomic mass is 10.0. The normalized spacial score (nSPS) is 17.3. The van der Waals surface area contributed by atoms with Gasteiger partial charge in [0.05, 0.1) is 23.4 Å². The van der Waals surface area contributed by atoms with E-state index in [9.17, 15) is 4.79 Å². The van der Waals surface area contributed by atoms with Gasteiger partial charge >= 0.3 is 0 Å². The number of fused-ring (bicyclic) bond motifs is 1. The van der Waals surface area contributed by atoms with E-state index in [0.29, 0.717) is 12.2 Å². The Morgan fingerprint density at radius 1 is 1.17 bits per heavy atom. The number of benzene rings is 2. The molecule has 1 unspecified atom stereocenters. The Bertz CT molecular complexity index is 974. The van der Waals surface area contributed by atoms with Gasteiger partial charge in [-0.15, -0.1) is 0 Å². The van der Waals surface area contributed by atoms with Gasteiger partial charge in [0.25, 0.3) is 5.91 Å². The number of pyridine rings is 1. The molecular formula is C24H27N3O2. The van der Waals surface area contributed by atoms with Gasteiger partial charge in [0, 0.05) is 25.5 Å². The summed E-state index contributed by atoms with van der Waals surface area (Å²) in [7, 11) is 1.66. The topological polar surface area (TPSA) is 54.5 Å². The van der Waals surface area contributed by atoms with E-state index in [1.807, 2.05) is 30.3 Å². The number of para-hydroxylation sites is 1. The van der Waals surface area contributed by atoms with Crippen molar-refractivity contribution in [2.45, 2.75) is 18.9 Å². The first-order valence-electron chi connectivity index (χ1n) is 10.2. The van der Waals surface area contributed by atoms with E-state index in [-0.39, 0.29) is 12.0 Å². The number of ether oxygens (including phenoxy) is 1. The van der Waals surface area contributed by atoms with E-state index in [1.165, 1.54) is 5.56 Å². The van der Waals surface area contributed by atoms with Crippen molar-refractivity contribution in [1.29, 1.82) is 0 Å².